The van der Waals surface area contributed by atoms with E-state index in [-0.39, 0.29) is 11.3 Å². The predicted molar refractivity (Wildman–Crippen MR) is 87.2 cm³/mol. The predicted octanol–water partition coefficient (Wildman–Crippen LogP) is 5.05. The van der Waals surface area contributed by atoms with Gasteiger partial charge in [-0.1, -0.05) is 46.3 Å². The fourth-order valence-electron chi connectivity index (χ4n) is 1.94. The molecule has 2 rings (SSSR count). The van der Waals surface area contributed by atoms with Crippen LogP contribution in [0.5, 0.6) is 0 Å². The van der Waals surface area contributed by atoms with Crippen LogP contribution in [0.4, 0.5) is 13.2 Å². The number of alkyl halides is 3. The van der Waals surface area contributed by atoms with Crippen molar-refractivity contribution in [2.24, 2.45) is 0 Å². The lowest BCUT2D eigenvalue weighted by atomic mass is 10.1. The third kappa shape index (κ3) is 5.21. The van der Waals surface area contributed by atoms with Crippen molar-refractivity contribution in [3.63, 3.8) is 0 Å². The van der Waals surface area contributed by atoms with Gasteiger partial charge < -0.3 is 0 Å². The summed E-state index contributed by atoms with van der Waals surface area (Å²) >= 11 is 3.24. The van der Waals surface area contributed by atoms with E-state index in [9.17, 15) is 21.6 Å². The number of halogens is 4. The van der Waals surface area contributed by atoms with Crippen LogP contribution in [-0.2, 0) is 21.8 Å². The number of benzene rings is 2. The summed E-state index contributed by atoms with van der Waals surface area (Å²) in [7, 11) is -3.67. The Labute approximate surface area is 140 Å². The molecule has 0 aromatic heterocycles. The van der Waals surface area contributed by atoms with E-state index in [1.807, 2.05) is 0 Å². The molecule has 0 fully saturated rings. The Kier molecular flexibility index (Phi) is 5.31. The molecule has 0 saturated heterocycles. The Balaban J connectivity index is 2.24. The summed E-state index contributed by atoms with van der Waals surface area (Å²) in [5.74, 6) is -0.273. The maximum absolute atomic E-state index is 12.9. The monoisotopic (exact) mass is 404 g/mol. The van der Waals surface area contributed by atoms with Crippen molar-refractivity contribution < 1.29 is 21.6 Å². The zero-order valence-electron chi connectivity index (χ0n) is 11.7. The second-order valence-electron chi connectivity index (χ2n) is 4.82. The first-order chi connectivity index (χ1) is 10.7. The number of hydrogen-bond acceptors (Lipinski definition) is 2. The van der Waals surface area contributed by atoms with Gasteiger partial charge >= 0.3 is 6.18 Å². The van der Waals surface area contributed by atoms with E-state index in [4.69, 9.17) is 0 Å². The van der Waals surface area contributed by atoms with Gasteiger partial charge in [0.15, 0.2) is 9.84 Å². The molecule has 0 unspecified atom stereocenters. The second kappa shape index (κ2) is 6.88. The number of hydrogen-bond donors (Lipinski definition) is 0. The zero-order chi connectivity index (χ0) is 17.1. The quantitative estimate of drug-likeness (QED) is 0.713. The van der Waals surface area contributed by atoms with Crippen molar-refractivity contribution in [1.29, 1.82) is 0 Å². The Morgan fingerprint density at radius 3 is 2.22 bits per heavy atom. The maximum Gasteiger partial charge on any atom is 0.416 e. The van der Waals surface area contributed by atoms with Crippen LogP contribution in [0.15, 0.2) is 58.4 Å². The minimum Gasteiger partial charge on any atom is -0.224 e. The van der Waals surface area contributed by atoms with Gasteiger partial charge in [-0.2, -0.15) is 13.2 Å². The van der Waals surface area contributed by atoms with Crippen LogP contribution in [0.2, 0.25) is 0 Å². The van der Waals surface area contributed by atoms with Crippen molar-refractivity contribution >= 4 is 31.8 Å². The molecule has 0 aliphatic carbocycles. The van der Waals surface area contributed by atoms with E-state index in [0.29, 0.717) is 5.56 Å². The lowest BCUT2D eigenvalue weighted by molar-refractivity contribution is -0.137. The smallest absolute Gasteiger partial charge is 0.224 e. The van der Waals surface area contributed by atoms with Gasteiger partial charge in [0.05, 0.1) is 11.3 Å². The first-order valence-electron chi connectivity index (χ1n) is 6.49. The molecular formula is C16H12BrF3O2S. The summed E-state index contributed by atoms with van der Waals surface area (Å²) in [6, 6.07) is 11.5. The minimum atomic E-state index is -4.53. The topological polar surface area (TPSA) is 34.1 Å². The standard InChI is InChI=1S/C16H12BrF3O2S/c17-14-7-5-12(6-8-14)11-23(21,22)10-9-13-3-1-2-4-15(13)16(18,19)20/h1-10H,11H2. The zero-order valence-corrected chi connectivity index (χ0v) is 14.1. The fourth-order valence-corrected chi connectivity index (χ4v) is 3.31. The van der Waals surface area contributed by atoms with Gasteiger partial charge in [0.25, 0.3) is 0 Å². The Bertz CT molecular complexity index is 810. The minimum absolute atomic E-state index is 0.181. The molecule has 0 bridgehead atoms. The average molecular weight is 405 g/mol. The van der Waals surface area contributed by atoms with Gasteiger partial charge in [-0.05, 0) is 35.4 Å². The molecule has 23 heavy (non-hydrogen) atoms. The Morgan fingerprint density at radius 1 is 1.00 bits per heavy atom. The van der Waals surface area contributed by atoms with Crippen LogP contribution in [0.1, 0.15) is 16.7 Å². The Morgan fingerprint density at radius 2 is 1.61 bits per heavy atom. The first kappa shape index (κ1) is 17.7. The van der Waals surface area contributed by atoms with E-state index in [2.05, 4.69) is 15.9 Å². The van der Waals surface area contributed by atoms with Crippen molar-refractivity contribution in [1.82, 2.24) is 0 Å². The van der Waals surface area contributed by atoms with Crippen LogP contribution >= 0.6 is 15.9 Å². The number of sulfone groups is 1. The van der Waals surface area contributed by atoms with Gasteiger partial charge in [-0.25, -0.2) is 8.42 Å². The molecule has 2 aromatic rings. The SMILES string of the molecule is O=S(=O)(C=Cc1ccccc1C(F)(F)F)Cc1ccc(Br)cc1. The highest BCUT2D eigenvalue weighted by Crippen LogP contribution is 2.32. The van der Waals surface area contributed by atoms with Gasteiger partial charge in [-0.3, -0.25) is 0 Å². The third-order valence-corrected chi connectivity index (χ3v) is 4.82. The molecule has 122 valence electrons. The van der Waals surface area contributed by atoms with E-state index >= 15 is 0 Å². The molecule has 7 heteroatoms. The normalized spacial score (nSPS) is 12.7. The molecule has 2 aromatic carbocycles. The molecule has 0 N–H and O–H groups in total. The first-order valence-corrected chi connectivity index (χ1v) is 9.00. The third-order valence-electron chi connectivity index (χ3n) is 3.00. The van der Waals surface area contributed by atoms with Crippen LogP contribution in [0, 0.1) is 0 Å². The molecule has 0 aliphatic rings. The van der Waals surface area contributed by atoms with Gasteiger partial charge in [-0.15, -0.1) is 0 Å². The fraction of sp³-hybridized carbons (Fsp3) is 0.125. The van der Waals surface area contributed by atoms with Gasteiger partial charge in [0.2, 0.25) is 0 Å². The van der Waals surface area contributed by atoms with Gasteiger partial charge in [0.1, 0.15) is 0 Å². The highest BCUT2D eigenvalue weighted by molar-refractivity contribution is 9.10. The molecule has 0 heterocycles. The van der Waals surface area contributed by atoms with E-state index in [1.165, 1.54) is 18.2 Å². The van der Waals surface area contributed by atoms with E-state index < -0.39 is 21.6 Å². The number of rotatable bonds is 4. The molecular weight excluding hydrogens is 393 g/mol. The van der Waals surface area contributed by atoms with Crippen LogP contribution in [-0.4, -0.2) is 8.42 Å². The second-order valence-corrected chi connectivity index (χ2v) is 7.62. The van der Waals surface area contributed by atoms with Crippen molar-refractivity contribution in [3.8, 4) is 0 Å². The van der Waals surface area contributed by atoms with E-state index in [0.717, 1.165) is 22.0 Å². The average Bonchev–Trinajstić information content (AvgIpc) is 2.47. The lowest BCUT2D eigenvalue weighted by Gasteiger charge is -2.09. The summed E-state index contributed by atoms with van der Waals surface area (Å²) in [5, 5.41) is 0.819. The summed E-state index contributed by atoms with van der Waals surface area (Å²) in [4.78, 5) is 0. The van der Waals surface area contributed by atoms with Crippen LogP contribution in [0.3, 0.4) is 0 Å². The molecule has 0 spiro atoms. The lowest BCUT2D eigenvalue weighted by Crippen LogP contribution is -2.07. The van der Waals surface area contributed by atoms with Crippen LogP contribution in [0.25, 0.3) is 6.08 Å². The molecule has 0 saturated carbocycles. The summed E-state index contributed by atoms with van der Waals surface area (Å²) in [6.45, 7) is 0. The summed E-state index contributed by atoms with van der Waals surface area (Å²) < 4.78 is 63.5. The van der Waals surface area contributed by atoms with Crippen molar-refractivity contribution in [2.75, 3.05) is 0 Å². The van der Waals surface area contributed by atoms with Crippen LogP contribution < -0.4 is 0 Å². The summed E-state index contributed by atoms with van der Waals surface area (Å²) in [6.07, 6.45) is -3.55. The highest BCUT2D eigenvalue weighted by Gasteiger charge is 2.32. The van der Waals surface area contributed by atoms with Crippen molar-refractivity contribution in [2.45, 2.75) is 11.9 Å². The van der Waals surface area contributed by atoms with Crippen molar-refractivity contribution in [3.05, 3.63) is 75.1 Å². The molecule has 0 amide bonds. The van der Waals surface area contributed by atoms with Gasteiger partial charge in [0, 0.05) is 9.88 Å². The largest absolute Gasteiger partial charge is 0.416 e. The Hall–Kier alpha value is -1.60. The van der Waals surface area contributed by atoms with E-state index in [1.54, 1.807) is 24.3 Å². The summed E-state index contributed by atoms with van der Waals surface area (Å²) in [5.41, 5.74) is -0.489. The highest BCUT2D eigenvalue weighted by atomic mass is 79.9. The molecule has 0 aliphatic heterocycles. The molecule has 2 nitrogen and oxygen atoms in total. The molecule has 0 radical (unpaired) electrons. The molecule has 0 atom stereocenters. The maximum atomic E-state index is 12.9.